The zero-order valence-electron chi connectivity index (χ0n) is 27.4. The lowest BCUT2D eigenvalue weighted by Crippen LogP contribution is -2.32. The van der Waals surface area contributed by atoms with Crippen molar-refractivity contribution in [3.8, 4) is 56.5 Å². The number of furan rings is 1. The van der Waals surface area contributed by atoms with Gasteiger partial charge in [0, 0.05) is 38.6 Å². The molecule has 238 valence electrons. The largest absolute Gasteiger partial charge is 0.457 e. The Labute approximate surface area is 294 Å². The van der Waals surface area contributed by atoms with E-state index in [1.54, 1.807) is 0 Å². The molecule has 0 fully saturated rings. The molecule has 0 N–H and O–H groups in total. The normalized spacial score (nSPS) is 13.4. The summed E-state index contributed by atoms with van der Waals surface area (Å²) in [6.45, 7) is 0. The second kappa shape index (κ2) is 10.6. The first-order chi connectivity index (χ1) is 25.3. The highest BCUT2D eigenvalue weighted by atomic mass is 16.5. The molecule has 4 heteroatoms. The Morgan fingerprint density at radius 3 is 1.78 bits per heavy atom. The fraction of sp³-hybridized carbons (Fsp3) is 0.0213. The van der Waals surface area contributed by atoms with Gasteiger partial charge >= 0.3 is 0 Å². The van der Waals surface area contributed by atoms with Crippen molar-refractivity contribution in [2.24, 2.45) is 0 Å². The molecule has 7 aromatic carbocycles. The summed E-state index contributed by atoms with van der Waals surface area (Å²) < 4.78 is 13.1. The van der Waals surface area contributed by atoms with Crippen molar-refractivity contribution in [2.75, 3.05) is 0 Å². The van der Waals surface area contributed by atoms with Crippen LogP contribution in [0.1, 0.15) is 22.3 Å². The molecular formula is C47H28N2O2. The first-order valence-corrected chi connectivity index (χ1v) is 17.2. The number of hydrogen-bond donors (Lipinski definition) is 0. The van der Waals surface area contributed by atoms with Gasteiger partial charge in [-0.2, -0.15) is 0 Å². The first-order valence-electron chi connectivity index (χ1n) is 17.2. The average molecular weight is 653 g/mol. The number of hydrogen-bond acceptors (Lipinski definition) is 4. The third-order valence-electron chi connectivity index (χ3n) is 10.6. The van der Waals surface area contributed by atoms with Gasteiger partial charge in [-0.25, -0.2) is 9.97 Å². The molecule has 0 unspecified atom stereocenters. The van der Waals surface area contributed by atoms with Crippen LogP contribution in [-0.2, 0) is 5.41 Å². The van der Waals surface area contributed by atoms with Crippen molar-refractivity contribution in [3.63, 3.8) is 0 Å². The Morgan fingerprint density at radius 1 is 0.431 bits per heavy atom. The van der Waals surface area contributed by atoms with E-state index in [4.69, 9.17) is 19.1 Å². The number of fused-ring (bicyclic) bond motifs is 13. The first kappa shape index (κ1) is 28.1. The summed E-state index contributed by atoms with van der Waals surface area (Å²) in [4.78, 5) is 10.3. The van der Waals surface area contributed by atoms with Crippen molar-refractivity contribution in [1.82, 2.24) is 9.97 Å². The Hall–Kier alpha value is -6.78. The summed E-state index contributed by atoms with van der Waals surface area (Å²) >= 11 is 0. The summed E-state index contributed by atoms with van der Waals surface area (Å²) in [7, 11) is 0. The Bertz CT molecular complexity index is 2730. The van der Waals surface area contributed by atoms with Crippen LogP contribution in [-0.4, -0.2) is 9.97 Å². The zero-order valence-corrected chi connectivity index (χ0v) is 27.4. The predicted octanol–water partition coefficient (Wildman–Crippen LogP) is 11.8. The third-order valence-corrected chi connectivity index (χ3v) is 10.6. The van der Waals surface area contributed by atoms with Gasteiger partial charge in [0.25, 0.3) is 0 Å². The molecule has 1 spiro atoms. The highest BCUT2D eigenvalue weighted by Gasteiger charge is 2.51. The fourth-order valence-electron chi connectivity index (χ4n) is 8.43. The van der Waals surface area contributed by atoms with Gasteiger partial charge in [-0.1, -0.05) is 133 Å². The van der Waals surface area contributed by atoms with Crippen LogP contribution in [0.5, 0.6) is 11.5 Å². The topological polar surface area (TPSA) is 48.2 Å². The van der Waals surface area contributed by atoms with Crippen LogP contribution >= 0.6 is 0 Å². The van der Waals surface area contributed by atoms with Gasteiger partial charge in [0.15, 0.2) is 5.82 Å². The van der Waals surface area contributed by atoms with Crippen molar-refractivity contribution >= 4 is 21.9 Å². The molecule has 0 radical (unpaired) electrons. The molecule has 4 nitrogen and oxygen atoms in total. The number of para-hydroxylation sites is 3. The SMILES string of the molecule is c1ccc(-c2cc(-c3ccc4c(c3)-c3c(ccc5oc6ccccc6c35)C43c4ccccc4Oc4ccccc43)nc(-c3ccccc3)n2)cc1. The van der Waals surface area contributed by atoms with Crippen LogP contribution < -0.4 is 4.74 Å². The number of aromatic nitrogens is 2. The lowest BCUT2D eigenvalue weighted by molar-refractivity contribution is 0.436. The summed E-state index contributed by atoms with van der Waals surface area (Å²) in [6.07, 6.45) is 0. The molecule has 1 aliphatic heterocycles. The van der Waals surface area contributed by atoms with Gasteiger partial charge in [0.1, 0.15) is 22.7 Å². The summed E-state index contributed by atoms with van der Waals surface area (Å²) in [6, 6.07) is 59.3. The van der Waals surface area contributed by atoms with Crippen molar-refractivity contribution in [3.05, 3.63) is 192 Å². The Kier molecular flexibility index (Phi) is 5.84. The minimum Gasteiger partial charge on any atom is -0.457 e. The van der Waals surface area contributed by atoms with E-state index < -0.39 is 5.41 Å². The van der Waals surface area contributed by atoms with Crippen molar-refractivity contribution in [1.29, 1.82) is 0 Å². The van der Waals surface area contributed by atoms with E-state index in [9.17, 15) is 0 Å². The van der Waals surface area contributed by atoms with Crippen LogP contribution in [0.3, 0.4) is 0 Å². The molecule has 0 amide bonds. The molecular weight excluding hydrogens is 625 g/mol. The van der Waals surface area contributed by atoms with Crippen molar-refractivity contribution in [2.45, 2.75) is 5.41 Å². The Balaban J connectivity index is 1.24. The standard InChI is InChI=1S/C47H28N2O2/c1-3-13-29(14-4-1)38-28-39(49-46(48-38)30-15-5-2-6-16-30)31-23-24-34-33(27-31)44-37(25-26-43-45(44)32-17-7-10-20-40(32)50-43)47(34)35-18-8-11-21-41(35)51-42-22-12-9-19-36(42)47/h1-28H. The van der Waals surface area contributed by atoms with Gasteiger partial charge in [0.05, 0.1) is 16.8 Å². The van der Waals surface area contributed by atoms with Gasteiger partial charge < -0.3 is 9.15 Å². The van der Waals surface area contributed by atoms with Crippen LogP contribution in [0.15, 0.2) is 174 Å². The number of benzene rings is 7. The summed E-state index contributed by atoms with van der Waals surface area (Å²) in [5.74, 6) is 2.43. The zero-order chi connectivity index (χ0) is 33.5. The number of nitrogens with zero attached hydrogens (tertiary/aromatic N) is 2. The molecule has 9 aromatic rings. The van der Waals surface area contributed by atoms with E-state index in [-0.39, 0.29) is 0 Å². The third kappa shape index (κ3) is 3.96. The fourth-order valence-corrected chi connectivity index (χ4v) is 8.43. The van der Waals surface area contributed by atoms with E-state index in [0.29, 0.717) is 5.82 Å². The molecule has 11 rings (SSSR count). The maximum Gasteiger partial charge on any atom is 0.160 e. The molecule has 2 aliphatic rings. The molecule has 0 bridgehead atoms. The molecule has 51 heavy (non-hydrogen) atoms. The summed E-state index contributed by atoms with van der Waals surface area (Å²) in [5.41, 5.74) is 13.0. The van der Waals surface area contributed by atoms with Gasteiger partial charge in [0.2, 0.25) is 0 Å². The predicted molar refractivity (Wildman–Crippen MR) is 203 cm³/mol. The lowest BCUT2D eigenvalue weighted by Gasteiger charge is -2.39. The smallest absolute Gasteiger partial charge is 0.160 e. The van der Waals surface area contributed by atoms with Crippen LogP contribution in [0.2, 0.25) is 0 Å². The quantitative estimate of drug-likeness (QED) is 0.191. The van der Waals surface area contributed by atoms with Gasteiger partial charge in [-0.05, 0) is 58.7 Å². The van der Waals surface area contributed by atoms with E-state index >= 15 is 0 Å². The number of rotatable bonds is 3. The second-order valence-corrected chi connectivity index (χ2v) is 13.3. The highest BCUT2D eigenvalue weighted by Crippen LogP contribution is 2.63. The Morgan fingerprint density at radius 2 is 1.04 bits per heavy atom. The average Bonchev–Trinajstić information content (AvgIpc) is 3.72. The monoisotopic (exact) mass is 652 g/mol. The maximum atomic E-state index is 6.60. The lowest BCUT2D eigenvalue weighted by atomic mass is 9.66. The summed E-state index contributed by atoms with van der Waals surface area (Å²) in [5, 5.41) is 2.23. The van der Waals surface area contributed by atoms with E-state index in [1.165, 1.54) is 16.7 Å². The minimum atomic E-state index is -0.600. The maximum absolute atomic E-state index is 6.60. The van der Waals surface area contributed by atoms with E-state index in [0.717, 1.165) is 78.2 Å². The van der Waals surface area contributed by atoms with Crippen molar-refractivity contribution < 1.29 is 9.15 Å². The molecule has 0 saturated heterocycles. The van der Waals surface area contributed by atoms with Crippen LogP contribution in [0.4, 0.5) is 0 Å². The second-order valence-electron chi connectivity index (χ2n) is 13.3. The number of ether oxygens (including phenoxy) is 1. The molecule has 1 aliphatic carbocycles. The highest BCUT2D eigenvalue weighted by molar-refractivity contribution is 6.16. The van der Waals surface area contributed by atoms with Crippen LogP contribution in [0.25, 0.3) is 67.0 Å². The van der Waals surface area contributed by atoms with E-state index in [2.05, 4.69) is 140 Å². The minimum absolute atomic E-state index is 0.600. The van der Waals surface area contributed by atoms with Gasteiger partial charge in [-0.3, -0.25) is 0 Å². The van der Waals surface area contributed by atoms with Gasteiger partial charge in [-0.15, -0.1) is 0 Å². The molecule has 0 atom stereocenters. The van der Waals surface area contributed by atoms with Crippen LogP contribution in [0, 0.1) is 0 Å². The van der Waals surface area contributed by atoms with E-state index in [1.807, 2.05) is 30.3 Å². The molecule has 0 saturated carbocycles. The molecule has 2 aromatic heterocycles. The molecule has 3 heterocycles.